The van der Waals surface area contributed by atoms with Gasteiger partial charge in [0, 0.05) is 12.3 Å². The van der Waals surface area contributed by atoms with E-state index in [-0.39, 0.29) is 24.1 Å². The van der Waals surface area contributed by atoms with Crippen LogP contribution in [0.2, 0.25) is 0 Å². The third-order valence-electron chi connectivity index (χ3n) is 5.49. The van der Waals surface area contributed by atoms with Crippen molar-refractivity contribution in [2.45, 2.75) is 79.2 Å². The fourth-order valence-corrected chi connectivity index (χ4v) is 3.31. The van der Waals surface area contributed by atoms with Gasteiger partial charge < -0.3 is 25.1 Å². The zero-order valence-electron chi connectivity index (χ0n) is 21.5. The highest BCUT2D eigenvalue weighted by Crippen LogP contribution is 2.36. The van der Waals surface area contributed by atoms with Crippen molar-refractivity contribution in [3.63, 3.8) is 0 Å². The van der Waals surface area contributed by atoms with Crippen LogP contribution < -0.4 is 15.2 Å². The first-order chi connectivity index (χ1) is 16.4. The molecule has 0 bridgehead atoms. The fourth-order valence-electron chi connectivity index (χ4n) is 3.31. The molecule has 1 aromatic carbocycles. The molecule has 35 heavy (non-hydrogen) atoms. The molecule has 3 atom stereocenters. The van der Waals surface area contributed by atoms with Crippen LogP contribution in [-0.2, 0) is 23.9 Å². The third kappa shape index (κ3) is 9.68. The highest BCUT2D eigenvalue weighted by atomic mass is 16.6. The van der Waals surface area contributed by atoms with Gasteiger partial charge in [-0.25, -0.2) is 0 Å². The van der Waals surface area contributed by atoms with Gasteiger partial charge in [0.15, 0.2) is 11.5 Å². The van der Waals surface area contributed by atoms with Crippen LogP contribution in [0.1, 0.15) is 78.7 Å². The Bertz CT molecular complexity index is 880. The van der Waals surface area contributed by atoms with Crippen LogP contribution in [0, 0.1) is 17.8 Å². The number of nitrogens with two attached hydrogens (primary N) is 1. The van der Waals surface area contributed by atoms with Crippen molar-refractivity contribution < 1.29 is 38.5 Å². The smallest absolute Gasteiger partial charge is 0.321 e. The second-order valence-electron chi connectivity index (χ2n) is 9.36. The fraction of sp³-hybridized carbons (Fsp3) is 0.615. The lowest BCUT2D eigenvalue weighted by Crippen LogP contribution is -2.40. The number of hydrogen-bond acceptors (Lipinski definition) is 8. The number of aliphatic carboxylic acids is 1. The predicted molar refractivity (Wildman–Crippen MR) is 130 cm³/mol. The lowest BCUT2D eigenvalue weighted by molar-refractivity contribution is -0.145. The molecule has 1 aromatic rings. The topological polar surface area (TPSA) is 142 Å². The summed E-state index contributed by atoms with van der Waals surface area (Å²) in [7, 11) is 0. The summed E-state index contributed by atoms with van der Waals surface area (Å²) >= 11 is 0. The Hall–Kier alpha value is -2.94. The number of carboxylic acids is 1. The Morgan fingerprint density at radius 1 is 0.914 bits per heavy atom. The van der Waals surface area contributed by atoms with Crippen LogP contribution in [-0.4, -0.2) is 41.6 Å². The largest absolute Gasteiger partial charge is 0.480 e. The lowest BCUT2D eigenvalue weighted by Gasteiger charge is -2.28. The van der Waals surface area contributed by atoms with Gasteiger partial charge in [-0.05, 0) is 30.0 Å². The van der Waals surface area contributed by atoms with Crippen LogP contribution in [0.3, 0.4) is 0 Å². The highest BCUT2D eigenvalue weighted by molar-refractivity contribution is 5.78. The highest BCUT2D eigenvalue weighted by Gasteiger charge is 2.33. The summed E-state index contributed by atoms with van der Waals surface area (Å²) in [5.41, 5.74) is 6.47. The Kier molecular flexibility index (Phi) is 12.4. The molecular weight excluding hydrogens is 454 g/mol. The van der Waals surface area contributed by atoms with Crippen molar-refractivity contribution in [2.24, 2.45) is 23.5 Å². The molecule has 0 aliphatic heterocycles. The van der Waals surface area contributed by atoms with Gasteiger partial charge in [-0.1, -0.05) is 60.5 Å². The van der Waals surface area contributed by atoms with Crippen LogP contribution >= 0.6 is 0 Å². The first-order valence-corrected chi connectivity index (χ1v) is 12.1. The standard InChI is InChI=1S/C26H39NO8/c1-7-8-9-10-21(28)33-14-17(6)22(23(27)24(29)30)18-11-12-19(34-25(31)15(2)3)20(13-18)35-26(32)16(4)5/h11-13,15-17,22-23H,7-10,14,27H2,1-6H3,(H,29,30)/t17?,22?,23-/m0/s1. The average molecular weight is 494 g/mol. The molecule has 0 saturated carbocycles. The normalized spacial score (nSPS) is 13.7. The van der Waals surface area contributed by atoms with Gasteiger partial charge in [-0.2, -0.15) is 0 Å². The number of rotatable bonds is 14. The molecule has 0 aliphatic carbocycles. The maximum absolute atomic E-state index is 12.3. The molecule has 1 rings (SSSR count). The number of carbonyl (C=O) groups is 4. The number of ether oxygens (including phenoxy) is 3. The first kappa shape index (κ1) is 30.1. The van der Waals surface area contributed by atoms with Crippen molar-refractivity contribution in [2.75, 3.05) is 6.61 Å². The number of carbonyl (C=O) groups excluding carboxylic acids is 3. The molecular formula is C26H39NO8. The number of hydrogen-bond donors (Lipinski definition) is 2. The molecule has 0 heterocycles. The minimum atomic E-state index is -1.32. The summed E-state index contributed by atoms with van der Waals surface area (Å²) in [4.78, 5) is 48.3. The van der Waals surface area contributed by atoms with Crippen LogP contribution in [0.15, 0.2) is 18.2 Å². The summed E-state index contributed by atoms with van der Waals surface area (Å²) in [5, 5.41) is 9.62. The van der Waals surface area contributed by atoms with Crippen LogP contribution in [0.4, 0.5) is 0 Å². The van der Waals surface area contributed by atoms with E-state index in [2.05, 4.69) is 0 Å². The van der Waals surface area contributed by atoms with E-state index in [1.54, 1.807) is 40.7 Å². The second-order valence-corrected chi connectivity index (χ2v) is 9.36. The van der Waals surface area contributed by atoms with E-state index in [9.17, 15) is 24.3 Å². The quantitative estimate of drug-likeness (QED) is 0.223. The van der Waals surface area contributed by atoms with Gasteiger partial charge in [-0.15, -0.1) is 0 Å². The van der Waals surface area contributed by atoms with Crippen molar-refractivity contribution in [1.82, 2.24) is 0 Å². The zero-order chi connectivity index (χ0) is 26.7. The van der Waals surface area contributed by atoms with E-state index in [1.807, 2.05) is 6.92 Å². The van der Waals surface area contributed by atoms with Crippen molar-refractivity contribution >= 4 is 23.9 Å². The summed E-state index contributed by atoms with van der Waals surface area (Å²) in [6.07, 6.45) is 2.92. The Morgan fingerprint density at radius 3 is 2.00 bits per heavy atom. The van der Waals surface area contributed by atoms with E-state index < -0.39 is 47.6 Å². The summed E-state index contributed by atoms with van der Waals surface area (Å²) in [6, 6.07) is 3.16. The van der Waals surface area contributed by atoms with Gasteiger partial charge in [0.05, 0.1) is 18.4 Å². The van der Waals surface area contributed by atoms with Gasteiger partial charge >= 0.3 is 23.9 Å². The van der Waals surface area contributed by atoms with E-state index in [4.69, 9.17) is 19.9 Å². The average Bonchev–Trinajstić information content (AvgIpc) is 2.79. The van der Waals surface area contributed by atoms with Gasteiger partial charge in [0.2, 0.25) is 0 Å². The Balaban J connectivity index is 3.28. The van der Waals surface area contributed by atoms with E-state index in [0.717, 1.165) is 19.3 Å². The van der Waals surface area contributed by atoms with Gasteiger partial charge in [-0.3, -0.25) is 19.2 Å². The number of benzene rings is 1. The number of carboxylic acid groups (broad SMARTS) is 1. The Labute approximate surface area is 207 Å². The minimum absolute atomic E-state index is 0.0125. The summed E-state index contributed by atoms with van der Waals surface area (Å²) in [6.45, 7) is 10.4. The molecule has 9 heteroatoms. The monoisotopic (exact) mass is 493 g/mol. The molecule has 9 nitrogen and oxygen atoms in total. The molecule has 0 spiro atoms. The molecule has 0 radical (unpaired) electrons. The zero-order valence-corrected chi connectivity index (χ0v) is 21.5. The van der Waals surface area contributed by atoms with Gasteiger partial charge in [0.25, 0.3) is 0 Å². The summed E-state index contributed by atoms with van der Waals surface area (Å²) < 4.78 is 16.2. The molecule has 0 saturated heterocycles. The molecule has 196 valence electrons. The van der Waals surface area contributed by atoms with Crippen molar-refractivity contribution in [1.29, 1.82) is 0 Å². The second kappa shape index (κ2) is 14.5. The van der Waals surface area contributed by atoms with E-state index in [0.29, 0.717) is 12.0 Å². The maximum atomic E-state index is 12.3. The third-order valence-corrected chi connectivity index (χ3v) is 5.49. The van der Waals surface area contributed by atoms with Crippen LogP contribution in [0.25, 0.3) is 0 Å². The Morgan fingerprint density at radius 2 is 1.49 bits per heavy atom. The first-order valence-electron chi connectivity index (χ1n) is 12.1. The molecule has 0 aromatic heterocycles. The molecule has 0 aliphatic rings. The van der Waals surface area contributed by atoms with E-state index >= 15 is 0 Å². The van der Waals surface area contributed by atoms with Crippen molar-refractivity contribution in [3.8, 4) is 11.5 Å². The van der Waals surface area contributed by atoms with E-state index in [1.165, 1.54) is 12.1 Å². The lowest BCUT2D eigenvalue weighted by atomic mass is 9.82. The molecule has 0 amide bonds. The number of unbranched alkanes of at least 4 members (excludes halogenated alkanes) is 2. The predicted octanol–water partition coefficient (Wildman–Crippen LogP) is 4.06. The minimum Gasteiger partial charge on any atom is -0.480 e. The van der Waals surface area contributed by atoms with Gasteiger partial charge in [0.1, 0.15) is 6.04 Å². The molecule has 3 N–H and O–H groups in total. The maximum Gasteiger partial charge on any atom is 0.321 e. The number of esters is 3. The van der Waals surface area contributed by atoms with Crippen molar-refractivity contribution in [3.05, 3.63) is 23.8 Å². The SMILES string of the molecule is CCCCCC(=O)OCC(C)C(c1ccc(OC(=O)C(C)C)c(OC(=O)C(C)C)c1)[C@H](N)C(=O)O. The molecule has 2 unspecified atom stereocenters. The summed E-state index contributed by atoms with van der Waals surface area (Å²) in [5.74, 6) is -4.71. The van der Waals surface area contributed by atoms with Crippen LogP contribution in [0.5, 0.6) is 11.5 Å². The molecule has 0 fully saturated rings.